The molecule has 2 heterocycles. The molecule has 5 N–H and O–H groups in total. The van der Waals surface area contributed by atoms with Crippen molar-refractivity contribution in [1.29, 1.82) is 0 Å². The molecule has 0 bridgehead atoms. The largest absolute Gasteiger partial charge is 0.493 e. The Morgan fingerprint density at radius 3 is 1.36 bits per heavy atom. The Bertz CT molecular complexity index is 2650. The first-order chi connectivity index (χ1) is 30.7. The van der Waals surface area contributed by atoms with Gasteiger partial charge in [-0.25, -0.2) is 19.2 Å². The monoisotopic (exact) mass is 903 g/mol. The first kappa shape index (κ1) is 44.2. The lowest BCUT2D eigenvalue weighted by Gasteiger charge is -2.64. The molecule has 64 heavy (non-hydrogen) atoms. The molecule has 0 spiro atoms. The highest BCUT2D eigenvalue weighted by atomic mass is 32.1. The van der Waals surface area contributed by atoms with Crippen molar-refractivity contribution in [2.24, 2.45) is 0 Å². The van der Waals surface area contributed by atoms with Gasteiger partial charge in [0, 0.05) is 23.7 Å². The number of nitrogens with one attached hydrogen (secondary N) is 3. The summed E-state index contributed by atoms with van der Waals surface area (Å²) in [4.78, 5) is 95.6. The minimum Gasteiger partial charge on any atom is -0.493 e. The highest BCUT2D eigenvalue weighted by Gasteiger charge is 2.80. The third-order valence-corrected chi connectivity index (χ3v) is 12.3. The Morgan fingerprint density at radius 2 is 0.984 bits per heavy atom. The summed E-state index contributed by atoms with van der Waals surface area (Å²) in [5.41, 5.74) is -5.11. The summed E-state index contributed by atoms with van der Waals surface area (Å²) in [6.07, 6.45) is 0. The number of esters is 2. The SMILES string of the molecule is COc1cc(C2C(NC(=O)c3ccccc3)(C(=O)O)C(c3ccc(OC(=O)c4cccs4)c(OC)c3)C2(NC(=O)c2ccc(NC(C)=O)cc2)C(=O)O)ccc1OC(=O)c1cccs1. The van der Waals surface area contributed by atoms with Gasteiger partial charge in [0.15, 0.2) is 34.1 Å². The summed E-state index contributed by atoms with van der Waals surface area (Å²) < 4.78 is 22.4. The van der Waals surface area contributed by atoms with Crippen LogP contribution in [-0.4, -0.2) is 77.1 Å². The van der Waals surface area contributed by atoms with Gasteiger partial charge in [-0.3, -0.25) is 14.4 Å². The Kier molecular flexibility index (Phi) is 12.6. The third-order valence-electron chi connectivity index (χ3n) is 10.6. The molecule has 7 rings (SSSR count). The van der Waals surface area contributed by atoms with Crippen LogP contribution < -0.4 is 34.9 Å². The van der Waals surface area contributed by atoms with Gasteiger partial charge in [0.05, 0.1) is 26.1 Å². The average molecular weight is 904 g/mol. The molecule has 0 saturated heterocycles. The molecule has 18 heteroatoms. The number of carboxylic acids is 2. The lowest BCUT2D eigenvalue weighted by Crippen LogP contribution is -2.86. The van der Waals surface area contributed by atoms with E-state index in [0.717, 1.165) is 22.7 Å². The number of ether oxygens (including phenoxy) is 4. The van der Waals surface area contributed by atoms with Gasteiger partial charge in [-0.1, -0.05) is 42.5 Å². The first-order valence-electron chi connectivity index (χ1n) is 19.1. The Labute approximate surface area is 372 Å². The number of hydrogen-bond donors (Lipinski definition) is 5. The van der Waals surface area contributed by atoms with E-state index < -0.39 is 58.6 Å². The molecule has 1 aliphatic rings. The van der Waals surface area contributed by atoms with Gasteiger partial charge < -0.3 is 45.1 Å². The number of anilines is 1. The number of rotatable bonds is 15. The average Bonchev–Trinajstić information content (AvgIpc) is 4.03. The molecule has 1 aliphatic carbocycles. The standard InChI is InChI=1S/C46H37N3O13S2/c1-25(50)47-30-17-13-27(14-18-30)40(52)49-46(44(57)58)37(28-15-19-31(33(23-28)59-2)61-41(53)35-11-7-21-63-35)45(43(55)56,48-39(51)26-9-5-4-6-10-26)38(46)29-16-20-32(34(24-29)60-3)62-42(54)36-12-8-22-64-36/h4-24,37-38H,1-3H3,(H,47,50)(H,48,51)(H,49,52)(H,55,56)(H,57,58). The molecule has 1 fully saturated rings. The number of benzene rings is 4. The zero-order valence-corrected chi connectivity index (χ0v) is 35.6. The van der Waals surface area contributed by atoms with Crippen molar-refractivity contribution in [2.45, 2.75) is 29.8 Å². The summed E-state index contributed by atoms with van der Waals surface area (Å²) in [6.45, 7) is 1.30. The highest BCUT2D eigenvalue weighted by molar-refractivity contribution is 7.12. The minimum atomic E-state index is -2.64. The van der Waals surface area contributed by atoms with Crippen LogP contribution in [0.4, 0.5) is 5.69 Å². The Balaban J connectivity index is 1.44. The molecular weight excluding hydrogens is 867 g/mol. The predicted octanol–water partition coefficient (Wildman–Crippen LogP) is 6.61. The van der Waals surface area contributed by atoms with E-state index in [1.165, 1.54) is 93.9 Å². The number of hydrogen-bond acceptors (Lipinski definition) is 13. The second-order valence-electron chi connectivity index (χ2n) is 14.3. The van der Waals surface area contributed by atoms with E-state index in [0.29, 0.717) is 5.69 Å². The molecular formula is C46H37N3O13S2. The van der Waals surface area contributed by atoms with E-state index in [1.54, 1.807) is 53.2 Å². The quantitative estimate of drug-likeness (QED) is 0.0540. The fraction of sp³-hybridized carbons (Fsp3) is 0.152. The first-order valence-corrected chi connectivity index (χ1v) is 20.9. The second kappa shape index (κ2) is 18.3. The number of carbonyl (C=O) groups is 7. The maximum atomic E-state index is 14.4. The summed E-state index contributed by atoms with van der Waals surface area (Å²) in [7, 11) is 2.51. The van der Waals surface area contributed by atoms with E-state index in [-0.39, 0.29) is 60.9 Å². The number of amides is 3. The second-order valence-corrected chi connectivity index (χ2v) is 16.2. The summed E-state index contributed by atoms with van der Waals surface area (Å²) in [5.74, 6) is -11.3. The molecule has 2 atom stereocenters. The van der Waals surface area contributed by atoms with Crippen LogP contribution >= 0.6 is 22.7 Å². The molecule has 4 aromatic carbocycles. The molecule has 16 nitrogen and oxygen atoms in total. The van der Waals surface area contributed by atoms with Crippen molar-refractivity contribution in [3.63, 3.8) is 0 Å². The molecule has 1 saturated carbocycles. The molecule has 6 aromatic rings. The molecule has 2 unspecified atom stereocenters. The van der Waals surface area contributed by atoms with Crippen LogP contribution in [0.5, 0.6) is 23.0 Å². The third kappa shape index (κ3) is 8.26. The van der Waals surface area contributed by atoms with Crippen LogP contribution in [0, 0.1) is 0 Å². The number of aliphatic carboxylic acids is 2. The van der Waals surface area contributed by atoms with Gasteiger partial charge in [-0.15, -0.1) is 22.7 Å². The summed E-state index contributed by atoms with van der Waals surface area (Å²) in [5, 5.41) is 34.4. The predicted molar refractivity (Wildman–Crippen MR) is 233 cm³/mol. The molecule has 0 radical (unpaired) electrons. The Hall–Kier alpha value is -7.83. The maximum absolute atomic E-state index is 14.4. The lowest BCUT2D eigenvalue weighted by molar-refractivity contribution is -0.171. The normalized spacial score (nSPS) is 18.6. The minimum absolute atomic E-state index is 0.0265. The molecule has 0 aliphatic heterocycles. The van der Waals surface area contributed by atoms with E-state index in [1.807, 2.05) is 0 Å². The van der Waals surface area contributed by atoms with E-state index in [4.69, 9.17) is 18.9 Å². The van der Waals surface area contributed by atoms with E-state index in [9.17, 15) is 43.8 Å². The number of carbonyl (C=O) groups excluding carboxylic acids is 5. The number of carboxylic acid groups (broad SMARTS) is 2. The van der Waals surface area contributed by atoms with Crippen molar-refractivity contribution in [3.8, 4) is 23.0 Å². The van der Waals surface area contributed by atoms with Crippen LogP contribution in [0.2, 0.25) is 0 Å². The van der Waals surface area contributed by atoms with Gasteiger partial charge in [0.2, 0.25) is 5.91 Å². The van der Waals surface area contributed by atoms with Crippen molar-refractivity contribution in [2.75, 3.05) is 19.5 Å². The highest BCUT2D eigenvalue weighted by Crippen LogP contribution is 2.64. The van der Waals surface area contributed by atoms with Gasteiger partial charge in [-0.2, -0.15) is 0 Å². The van der Waals surface area contributed by atoms with Crippen molar-refractivity contribution >= 4 is 70.0 Å². The van der Waals surface area contributed by atoms with Gasteiger partial charge >= 0.3 is 23.9 Å². The van der Waals surface area contributed by atoms with Crippen LogP contribution in [0.25, 0.3) is 0 Å². The zero-order chi connectivity index (χ0) is 45.8. The molecule has 2 aromatic heterocycles. The van der Waals surface area contributed by atoms with Crippen molar-refractivity contribution < 1.29 is 62.7 Å². The maximum Gasteiger partial charge on any atom is 0.353 e. The van der Waals surface area contributed by atoms with E-state index in [2.05, 4.69) is 16.0 Å². The van der Waals surface area contributed by atoms with Crippen molar-refractivity contribution in [3.05, 3.63) is 158 Å². The van der Waals surface area contributed by atoms with Crippen molar-refractivity contribution in [1.82, 2.24) is 10.6 Å². The summed E-state index contributed by atoms with van der Waals surface area (Å²) >= 11 is 2.25. The van der Waals surface area contributed by atoms with Crippen LogP contribution in [0.15, 0.2) is 126 Å². The van der Waals surface area contributed by atoms with Gasteiger partial charge in [0.1, 0.15) is 9.75 Å². The zero-order valence-electron chi connectivity index (χ0n) is 34.0. The fourth-order valence-corrected chi connectivity index (χ4v) is 9.10. The fourth-order valence-electron chi connectivity index (χ4n) is 7.90. The smallest absolute Gasteiger partial charge is 0.353 e. The number of thiophene rings is 2. The van der Waals surface area contributed by atoms with Crippen LogP contribution in [-0.2, 0) is 14.4 Å². The Morgan fingerprint density at radius 1 is 0.547 bits per heavy atom. The lowest BCUT2D eigenvalue weighted by atomic mass is 9.43. The topological polar surface area (TPSA) is 233 Å². The number of methoxy groups -OCH3 is 2. The summed E-state index contributed by atoms with van der Waals surface area (Å²) in [6, 6.07) is 27.3. The van der Waals surface area contributed by atoms with Gasteiger partial charge in [0.25, 0.3) is 11.8 Å². The van der Waals surface area contributed by atoms with Crippen LogP contribution in [0.3, 0.4) is 0 Å². The van der Waals surface area contributed by atoms with Gasteiger partial charge in [-0.05, 0) is 94.7 Å². The van der Waals surface area contributed by atoms with E-state index >= 15 is 0 Å². The van der Waals surface area contributed by atoms with Crippen LogP contribution in [0.1, 0.15) is 69.9 Å². The molecule has 326 valence electrons. The molecule has 3 amide bonds.